The molecular formula is C36H46N8O5S. The molecule has 266 valence electrons. The van der Waals surface area contributed by atoms with Crippen molar-refractivity contribution in [1.82, 2.24) is 25.2 Å². The third-order valence-electron chi connectivity index (χ3n) is 9.96. The second kappa shape index (κ2) is 15.2. The van der Waals surface area contributed by atoms with Crippen LogP contribution >= 0.6 is 11.3 Å². The quantitative estimate of drug-likeness (QED) is 0.136. The van der Waals surface area contributed by atoms with E-state index in [9.17, 15) is 10.1 Å². The van der Waals surface area contributed by atoms with Crippen molar-refractivity contribution in [3.63, 3.8) is 0 Å². The molecule has 0 bridgehead atoms. The molecule has 1 aliphatic heterocycles. The summed E-state index contributed by atoms with van der Waals surface area (Å²) in [7, 11) is 1.37. The van der Waals surface area contributed by atoms with Gasteiger partial charge in [-0.25, -0.2) is 9.97 Å². The molecule has 0 amide bonds. The van der Waals surface area contributed by atoms with Crippen molar-refractivity contribution in [2.75, 3.05) is 50.5 Å². The van der Waals surface area contributed by atoms with E-state index in [-0.39, 0.29) is 17.9 Å². The Labute approximate surface area is 296 Å². The van der Waals surface area contributed by atoms with Gasteiger partial charge in [-0.15, -0.1) is 11.3 Å². The van der Waals surface area contributed by atoms with Gasteiger partial charge in [-0.05, 0) is 88.2 Å². The highest BCUT2D eigenvalue weighted by Gasteiger charge is 2.41. The number of unbranched alkanes of at least 4 members (excludes halogenated alkanes) is 1. The molecule has 0 spiro atoms. The number of carbonyl (C=O) groups is 1. The van der Waals surface area contributed by atoms with Gasteiger partial charge in [0.05, 0.1) is 25.0 Å². The number of nitriles is 1. The Morgan fingerprint density at radius 2 is 2.06 bits per heavy atom. The topological polar surface area (TPSA) is 170 Å². The van der Waals surface area contributed by atoms with Crippen LogP contribution in [0.2, 0.25) is 0 Å². The van der Waals surface area contributed by atoms with Crippen LogP contribution in [0.15, 0.2) is 33.4 Å². The number of nitrogens with two attached hydrogens (primary N) is 1. The zero-order valence-electron chi connectivity index (χ0n) is 29.5. The number of aryl methyl sites for hydroxylation is 1. The summed E-state index contributed by atoms with van der Waals surface area (Å²) < 4.78 is 22.0. The first-order valence-corrected chi connectivity index (χ1v) is 18.2. The summed E-state index contributed by atoms with van der Waals surface area (Å²) in [4.78, 5) is 27.7. The summed E-state index contributed by atoms with van der Waals surface area (Å²) in [5.74, 6) is 1.25. The normalized spacial score (nSPS) is 20.3. The lowest BCUT2D eigenvalue weighted by Crippen LogP contribution is -2.40. The fourth-order valence-electron chi connectivity index (χ4n) is 7.33. The lowest BCUT2D eigenvalue weighted by molar-refractivity contribution is -0.144. The molecule has 1 saturated heterocycles. The van der Waals surface area contributed by atoms with E-state index in [2.05, 4.69) is 45.0 Å². The van der Waals surface area contributed by atoms with Gasteiger partial charge in [0.1, 0.15) is 22.7 Å². The Bertz CT molecular complexity index is 1830. The largest absolute Gasteiger partial charge is 0.476 e. The van der Waals surface area contributed by atoms with Gasteiger partial charge < -0.3 is 34.1 Å². The van der Waals surface area contributed by atoms with Gasteiger partial charge in [-0.3, -0.25) is 4.79 Å². The van der Waals surface area contributed by atoms with Crippen molar-refractivity contribution in [1.29, 1.82) is 5.26 Å². The third-order valence-corrected chi connectivity index (χ3v) is 11.0. The molecule has 13 nitrogen and oxygen atoms in total. The van der Waals surface area contributed by atoms with Gasteiger partial charge in [0.2, 0.25) is 5.95 Å². The molecule has 6 rings (SSSR count). The Morgan fingerprint density at radius 1 is 1.22 bits per heavy atom. The molecule has 50 heavy (non-hydrogen) atoms. The number of fused-ring (bicyclic) bond motifs is 1. The third kappa shape index (κ3) is 7.20. The van der Waals surface area contributed by atoms with Gasteiger partial charge in [-0.1, -0.05) is 19.0 Å². The van der Waals surface area contributed by atoms with Crippen LogP contribution in [-0.4, -0.2) is 77.1 Å². The zero-order chi connectivity index (χ0) is 35.4. The molecule has 4 aromatic heterocycles. The maximum atomic E-state index is 12.2. The molecule has 5 heterocycles. The summed E-state index contributed by atoms with van der Waals surface area (Å²) >= 11 is 1.51. The van der Waals surface area contributed by atoms with Crippen LogP contribution in [0.25, 0.3) is 11.5 Å². The average Bonchev–Trinajstić information content (AvgIpc) is 3.83. The monoisotopic (exact) mass is 702 g/mol. The smallest absolute Gasteiger partial charge is 0.316 e. The highest BCUT2D eigenvalue weighted by Crippen LogP contribution is 2.49. The number of carbonyl (C=O) groups excluding carboxylic acids is 1. The minimum absolute atomic E-state index is 0.0130. The minimum atomic E-state index is -0.511. The van der Waals surface area contributed by atoms with Crippen LogP contribution in [0.1, 0.15) is 93.2 Å². The first-order chi connectivity index (χ1) is 24.1. The van der Waals surface area contributed by atoms with Crippen LogP contribution in [0.3, 0.4) is 0 Å². The van der Waals surface area contributed by atoms with Crippen LogP contribution in [-0.2, 0) is 21.4 Å². The summed E-state index contributed by atoms with van der Waals surface area (Å²) in [6.45, 7) is 12.4. The lowest BCUT2D eigenvalue weighted by Gasteiger charge is -2.32. The van der Waals surface area contributed by atoms with Crippen molar-refractivity contribution in [3.8, 4) is 23.4 Å². The molecule has 0 radical (unpaired) electrons. The molecule has 3 atom stereocenters. The van der Waals surface area contributed by atoms with Gasteiger partial charge >= 0.3 is 5.97 Å². The number of methoxy groups -OCH3 is 1. The van der Waals surface area contributed by atoms with Crippen molar-refractivity contribution in [2.45, 2.75) is 83.6 Å². The number of ether oxygens (including phenoxy) is 2. The Balaban J connectivity index is 1.03. The summed E-state index contributed by atoms with van der Waals surface area (Å²) in [5, 5.41) is 18.9. The molecule has 1 aliphatic carbocycles. The van der Waals surface area contributed by atoms with Crippen molar-refractivity contribution >= 4 is 28.3 Å². The second-order valence-electron chi connectivity index (χ2n) is 13.8. The SMILES string of the molecule is COC(=O)C(c1cc(OCCCCN2CCCN(c3nccc(-c4cc([C@@]5(C)CCCc6sc(N)c(C#N)c65)no4)n3)[C@@H](C)C2)no1)C(C)C. The van der Waals surface area contributed by atoms with E-state index in [0.717, 1.165) is 80.8 Å². The summed E-state index contributed by atoms with van der Waals surface area (Å²) in [5.41, 5.74) is 8.80. The van der Waals surface area contributed by atoms with Crippen molar-refractivity contribution in [2.24, 2.45) is 5.92 Å². The molecule has 1 fully saturated rings. The predicted molar refractivity (Wildman–Crippen MR) is 189 cm³/mol. The Kier molecular flexibility index (Phi) is 10.7. The summed E-state index contributed by atoms with van der Waals surface area (Å²) in [6.07, 6.45) is 7.39. The molecular weight excluding hydrogens is 657 g/mol. The maximum absolute atomic E-state index is 12.2. The fourth-order valence-corrected chi connectivity index (χ4v) is 8.52. The zero-order valence-corrected chi connectivity index (χ0v) is 30.3. The number of aromatic nitrogens is 4. The first-order valence-electron chi connectivity index (χ1n) is 17.4. The number of thiophene rings is 1. The van der Waals surface area contributed by atoms with Gasteiger partial charge in [0, 0.05) is 47.8 Å². The first kappa shape index (κ1) is 35.3. The second-order valence-corrected chi connectivity index (χ2v) is 15.0. The van der Waals surface area contributed by atoms with Gasteiger partial charge in [-0.2, -0.15) is 5.26 Å². The Morgan fingerprint density at radius 3 is 2.84 bits per heavy atom. The van der Waals surface area contributed by atoms with E-state index in [0.29, 0.717) is 46.2 Å². The molecule has 2 N–H and O–H groups in total. The van der Waals surface area contributed by atoms with Crippen LogP contribution < -0.4 is 15.4 Å². The predicted octanol–water partition coefficient (Wildman–Crippen LogP) is 5.95. The number of rotatable bonds is 12. The van der Waals surface area contributed by atoms with Crippen LogP contribution in [0.4, 0.5) is 10.9 Å². The highest BCUT2D eigenvalue weighted by atomic mass is 32.1. The molecule has 14 heteroatoms. The molecule has 0 aromatic carbocycles. The van der Waals surface area contributed by atoms with Crippen molar-refractivity contribution < 1.29 is 23.3 Å². The molecule has 2 aliphatic rings. The lowest BCUT2D eigenvalue weighted by atomic mass is 9.70. The number of nitrogen functional groups attached to an aromatic ring is 1. The molecule has 4 aromatic rings. The van der Waals surface area contributed by atoms with Crippen LogP contribution in [0.5, 0.6) is 5.88 Å². The van der Waals surface area contributed by atoms with Crippen LogP contribution in [0, 0.1) is 17.2 Å². The number of hydrogen-bond donors (Lipinski definition) is 1. The van der Waals surface area contributed by atoms with E-state index < -0.39 is 11.3 Å². The molecule has 0 saturated carbocycles. The van der Waals surface area contributed by atoms with E-state index in [4.69, 9.17) is 29.2 Å². The van der Waals surface area contributed by atoms with Gasteiger partial charge in [0.15, 0.2) is 11.5 Å². The Hall–Kier alpha value is -4.48. The van der Waals surface area contributed by atoms with E-state index >= 15 is 0 Å². The number of nitrogens with zero attached hydrogens (tertiary/aromatic N) is 7. The standard InChI is InChI=1S/C36H46N8O5S/c1-22(2)31(34(45)46-5)27-19-30(42-49-27)47-17-7-6-14-43-15-9-16-44(23(3)21-43)35-39-13-11-25(40-35)26-18-29(41-48-26)36(4)12-8-10-28-32(36)24(20-37)33(38)50-28/h11,13,18-19,22-23,31H,6-10,12,14-17,21,38H2,1-5H3/t23-,31?,36+/m0/s1. The fraction of sp³-hybridized carbons (Fsp3) is 0.556. The summed E-state index contributed by atoms with van der Waals surface area (Å²) in [6, 6.07) is 8.03. The molecule has 1 unspecified atom stereocenters. The van der Waals surface area contributed by atoms with Gasteiger partial charge in [0.25, 0.3) is 5.88 Å². The average molecular weight is 703 g/mol. The van der Waals surface area contributed by atoms with E-state index in [1.165, 1.54) is 18.4 Å². The number of anilines is 2. The maximum Gasteiger partial charge on any atom is 0.316 e. The van der Waals surface area contributed by atoms with Crippen molar-refractivity contribution in [3.05, 3.63) is 51.9 Å². The van der Waals surface area contributed by atoms with E-state index in [1.807, 2.05) is 26.0 Å². The highest BCUT2D eigenvalue weighted by molar-refractivity contribution is 7.16. The van der Waals surface area contributed by atoms with E-state index in [1.54, 1.807) is 12.3 Å². The number of esters is 1. The number of hydrogen-bond acceptors (Lipinski definition) is 14. The minimum Gasteiger partial charge on any atom is -0.476 e.